The van der Waals surface area contributed by atoms with Gasteiger partial charge in [-0.2, -0.15) is 9.97 Å². The van der Waals surface area contributed by atoms with Crippen LogP contribution in [-0.4, -0.2) is 57.9 Å². The van der Waals surface area contributed by atoms with Crippen LogP contribution in [0.4, 0.5) is 5.95 Å². The largest absolute Gasteiger partial charge is 0.368 e. The SMILES string of the molecule is CCOP(=O)(C[C@@H]1OC[C@@H](Cn2cnc3c(Cl)nc(N)nc32)O1)OCC. The first-order chi connectivity index (χ1) is 12.4. The summed E-state index contributed by atoms with van der Waals surface area (Å²) in [5, 5.41) is 0.196. The Balaban J connectivity index is 1.66. The van der Waals surface area contributed by atoms with E-state index in [1.54, 1.807) is 24.7 Å². The number of hydrogen-bond donors (Lipinski definition) is 1. The standard InChI is InChI=1S/C14H21ClN5O5P/c1-3-23-26(21,24-4-2)7-10-22-6-9(25-10)5-20-8-17-11-12(15)18-14(16)19-13(11)20/h8-10H,3-7H2,1-2H3,(H2,16,18,19)/t9-,10-/m1/s1. The van der Waals surface area contributed by atoms with Crippen molar-refractivity contribution < 1.29 is 23.1 Å². The van der Waals surface area contributed by atoms with Crippen LogP contribution < -0.4 is 5.73 Å². The molecule has 26 heavy (non-hydrogen) atoms. The summed E-state index contributed by atoms with van der Waals surface area (Å²) in [4.78, 5) is 12.2. The topological polar surface area (TPSA) is 124 Å². The Morgan fingerprint density at radius 3 is 2.81 bits per heavy atom. The maximum atomic E-state index is 12.6. The first kappa shape index (κ1) is 19.5. The lowest BCUT2D eigenvalue weighted by atomic mass is 10.4. The number of nitrogens with two attached hydrogens (primary N) is 1. The van der Waals surface area contributed by atoms with E-state index in [0.29, 0.717) is 24.3 Å². The van der Waals surface area contributed by atoms with Crippen molar-refractivity contribution in [2.24, 2.45) is 0 Å². The summed E-state index contributed by atoms with van der Waals surface area (Å²) in [5.41, 5.74) is 6.63. The van der Waals surface area contributed by atoms with Gasteiger partial charge in [0, 0.05) is 0 Å². The van der Waals surface area contributed by atoms with Crippen LogP contribution in [0.1, 0.15) is 13.8 Å². The predicted octanol–water partition coefficient (Wildman–Crippen LogP) is 2.07. The molecule has 1 aliphatic heterocycles. The number of nitrogen functional groups attached to an aromatic ring is 1. The molecule has 3 rings (SSSR count). The van der Waals surface area contributed by atoms with Gasteiger partial charge in [0.05, 0.1) is 32.7 Å². The average molecular weight is 406 g/mol. The van der Waals surface area contributed by atoms with E-state index in [0.717, 1.165) is 0 Å². The molecule has 2 N–H and O–H groups in total. The molecule has 0 saturated carbocycles. The summed E-state index contributed by atoms with van der Waals surface area (Å²) in [6.07, 6.45) is 0.690. The second-order valence-corrected chi connectivity index (χ2v) is 8.05. The van der Waals surface area contributed by atoms with Crippen molar-refractivity contribution in [1.82, 2.24) is 19.5 Å². The Bertz CT molecular complexity index is 808. The molecule has 0 spiro atoms. The number of aromatic nitrogens is 4. The first-order valence-corrected chi connectivity index (χ1v) is 10.3. The van der Waals surface area contributed by atoms with Gasteiger partial charge < -0.3 is 28.8 Å². The number of anilines is 1. The van der Waals surface area contributed by atoms with E-state index in [1.807, 2.05) is 0 Å². The molecule has 12 heteroatoms. The Labute approximate surface area is 155 Å². The van der Waals surface area contributed by atoms with Crippen LogP contribution in [-0.2, 0) is 29.6 Å². The highest BCUT2D eigenvalue weighted by Gasteiger charge is 2.35. The number of fused-ring (bicyclic) bond motifs is 1. The molecule has 3 heterocycles. The summed E-state index contributed by atoms with van der Waals surface area (Å²) in [7, 11) is -3.24. The molecule has 10 nitrogen and oxygen atoms in total. The highest BCUT2D eigenvalue weighted by atomic mass is 35.5. The predicted molar refractivity (Wildman–Crippen MR) is 95.1 cm³/mol. The third-order valence-electron chi connectivity index (χ3n) is 3.68. The minimum Gasteiger partial charge on any atom is -0.368 e. The molecular weight excluding hydrogens is 385 g/mol. The molecule has 1 fully saturated rings. The fourth-order valence-electron chi connectivity index (χ4n) is 2.70. The summed E-state index contributed by atoms with van der Waals surface area (Å²) < 4.78 is 36.3. The van der Waals surface area contributed by atoms with Gasteiger partial charge in [-0.1, -0.05) is 11.6 Å². The molecule has 2 aromatic rings. The number of rotatable bonds is 8. The zero-order chi connectivity index (χ0) is 18.7. The summed E-state index contributed by atoms with van der Waals surface area (Å²) in [6, 6.07) is 0. The van der Waals surface area contributed by atoms with Crippen LogP contribution >= 0.6 is 19.2 Å². The molecule has 0 aromatic carbocycles. The fraction of sp³-hybridized carbons (Fsp3) is 0.643. The van der Waals surface area contributed by atoms with Crippen molar-refractivity contribution in [3.63, 3.8) is 0 Å². The van der Waals surface area contributed by atoms with Crippen molar-refractivity contribution >= 4 is 36.3 Å². The maximum absolute atomic E-state index is 12.6. The van der Waals surface area contributed by atoms with Gasteiger partial charge in [0.15, 0.2) is 17.1 Å². The maximum Gasteiger partial charge on any atom is 0.335 e. The Morgan fingerprint density at radius 1 is 1.38 bits per heavy atom. The van der Waals surface area contributed by atoms with Gasteiger partial charge in [-0.05, 0) is 13.8 Å². The second-order valence-electron chi connectivity index (χ2n) is 5.59. The molecule has 0 radical (unpaired) electrons. The van der Waals surface area contributed by atoms with E-state index < -0.39 is 13.9 Å². The Morgan fingerprint density at radius 2 is 2.12 bits per heavy atom. The normalized spacial score (nSPS) is 20.9. The van der Waals surface area contributed by atoms with E-state index in [4.69, 9.17) is 35.9 Å². The van der Waals surface area contributed by atoms with Crippen LogP contribution in [0.15, 0.2) is 6.33 Å². The second kappa shape index (κ2) is 8.16. The average Bonchev–Trinajstić information content (AvgIpc) is 3.15. The molecule has 1 saturated heterocycles. The Hall–Kier alpha value is -1.29. The van der Waals surface area contributed by atoms with E-state index in [1.165, 1.54) is 0 Å². The van der Waals surface area contributed by atoms with Crippen molar-refractivity contribution in [1.29, 1.82) is 0 Å². The molecule has 2 atom stereocenters. The van der Waals surface area contributed by atoms with Gasteiger partial charge in [0.25, 0.3) is 0 Å². The fourth-order valence-corrected chi connectivity index (χ4v) is 4.55. The van der Waals surface area contributed by atoms with E-state index in [9.17, 15) is 4.57 Å². The summed E-state index contributed by atoms with van der Waals surface area (Å²) >= 11 is 6.03. The van der Waals surface area contributed by atoms with E-state index >= 15 is 0 Å². The highest BCUT2D eigenvalue weighted by molar-refractivity contribution is 7.53. The molecule has 0 amide bonds. The van der Waals surface area contributed by atoms with Crippen LogP contribution in [0, 0.1) is 0 Å². The molecule has 0 aliphatic carbocycles. The summed E-state index contributed by atoms with van der Waals surface area (Å²) in [5.74, 6) is 0.0695. The zero-order valence-electron chi connectivity index (χ0n) is 14.5. The monoisotopic (exact) mass is 405 g/mol. The third-order valence-corrected chi connectivity index (χ3v) is 5.99. The van der Waals surface area contributed by atoms with Gasteiger partial charge in [-0.15, -0.1) is 0 Å². The van der Waals surface area contributed by atoms with Gasteiger partial charge in [0.2, 0.25) is 5.95 Å². The molecule has 1 aliphatic rings. The van der Waals surface area contributed by atoms with E-state index in [-0.39, 0.29) is 36.6 Å². The van der Waals surface area contributed by atoms with Crippen molar-refractivity contribution in [3.8, 4) is 0 Å². The van der Waals surface area contributed by atoms with Crippen LogP contribution in [0.25, 0.3) is 11.2 Å². The number of hydrogen-bond acceptors (Lipinski definition) is 9. The molecule has 2 aromatic heterocycles. The van der Waals surface area contributed by atoms with Crippen LogP contribution in [0.2, 0.25) is 5.15 Å². The number of imidazole rings is 1. The lowest BCUT2D eigenvalue weighted by Gasteiger charge is -2.20. The Kier molecular flexibility index (Phi) is 6.11. The van der Waals surface area contributed by atoms with Crippen LogP contribution in [0.5, 0.6) is 0 Å². The molecule has 0 unspecified atom stereocenters. The van der Waals surface area contributed by atoms with Gasteiger partial charge >= 0.3 is 7.60 Å². The first-order valence-electron chi connectivity index (χ1n) is 8.23. The minimum absolute atomic E-state index is 0.0385. The lowest BCUT2D eigenvalue weighted by Crippen LogP contribution is -2.21. The van der Waals surface area contributed by atoms with Crippen molar-refractivity contribution in [2.45, 2.75) is 32.8 Å². The quantitative estimate of drug-likeness (QED) is 0.519. The number of halogens is 1. The third kappa shape index (κ3) is 4.33. The number of ether oxygens (including phenoxy) is 2. The van der Waals surface area contributed by atoms with Gasteiger partial charge in [-0.25, -0.2) is 4.98 Å². The highest BCUT2D eigenvalue weighted by Crippen LogP contribution is 2.49. The van der Waals surface area contributed by atoms with Gasteiger partial charge in [-0.3, -0.25) is 4.57 Å². The van der Waals surface area contributed by atoms with Crippen molar-refractivity contribution in [2.75, 3.05) is 31.7 Å². The molecular formula is C14H21ClN5O5P. The van der Waals surface area contributed by atoms with Gasteiger partial charge in [0.1, 0.15) is 17.8 Å². The van der Waals surface area contributed by atoms with E-state index in [2.05, 4.69) is 15.0 Å². The number of nitrogens with zero attached hydrogens (tertiary/aromatic N) is 4. The molecule has 0 bridgehead atoms. The smallest absolute Gasteiger partial charge is 0.335 e. The molecule has 144 valence electrons. The van der Waals surface area contributed by atoms with Crippen molar-refractivity contribution in [3.05, 3.63) is 11.5 Å². The zero-order valence-corrected chi connectivity index (χ0v) is 16.2. The minimum atomic E-state index is -3.24. The van der Waals surface area contributed by atoms with Crippen LogP contribution in [0.3, 0.4) is 0 Å². The lowest BCUT2D eigenvalue weighted by molar-refractivity contribution is -0.0454. The summed E-state index contributed by atoms with van der Waals surface area (Å²) in [6.45, 7) is 4.85.